The van der Waals surface area contributed by atoms with Crippen molar-refractivity contribution in [2.24, 2.45) is 0 Å². The molecule has 4 amide bonds. The zero-order valence-electron chi connectivity index (χ0n) is 31.7. The summed E-state index contributed by atoms with van der Waals surface area (Å²) in [5, 5.41) is 9.74. The normalized spacial score (nSPS) is 27.2. The zero-order chi connectivity index (χ0) is 39.3. The maximum Gasteiger partial charge on any atom is 0.322 e. The van der Waals surface area contributed by atoms with Gasteiger partial charge in [-0.25, -0.2) is 29.5 Å². The highest BCUT2D eigenvalue weighted by atomic mass is 79.9. The number of carbonyl (C=O) groups excluding carboxylic acids is 2. The third-order valence-electron chi connectivity index (χ3n) is 12.0. The summed E-state index contributed by atoms with van der Waals surface area (Å²) in [4.78, 5) is 45.8. The summed E-state index contributed by atoms with van der Waals surface area (Å²) in [5.74, 6) is 0. The van der Waals surface area contributed by atoms with Crippen LogP contribution < -0.4 is 20.9 Å². The van der Waals surface area contributed by atoms with Gasteiger partial charge in [0.05, 0.1) is 40.2 Å². The molecule has 0 radical (unpaired) electrons. The lowest BCUT2D eigenvalue weighted by molar-refractivity contribution is 0.0652. The summed E-state index contributed by atoms with van der Waals surface area (Å²) in [6.45, 7) is 1.40. The van der Waals surface area contributed by atoms with Crippen LogP contribution >= 0.6 is 39.1 Å². The van der Waals surface area contributed by atoms with Gasteiger partial charge < -0.3 is 16.0 Å². The van der Waals surface area contributed by atoms with Crippen LogP contribution in [0.15, 0.2) is 89.9 Å². The molecule has 292 valence electrons. The van der Waals surface area contributed by atoms with Crippen molar-refractivity contribution in [3.63, 3.8) is 0 Å². The van der Waals surface area contributed by atoms with Crippen molar-refractivity contribution >= 4 is 56.9 Å². The minimum Gasteiger partial charge on any atom is -0.336 e. The maximum atomic E-state index is 12.6. The molecule has 4 fully saturated rings. The Morgan fingerprint density at radius 1 is 0.636 bits per heavy atom. The molecule has 4 aliphatic rings. The number of amides is 4. The Labute approximate surface area is 341 Å². The topological polar surface area (TPSA) is 132 Å². The zero-order valence-corrected chi connectivity index (χ0v) is 34.8. The van der Waals surface area contributed by atoms with Gasteiger partial charge in [0.2, 0.25) is 10.6 Å². The fourth-order valence-corrected chi connectivity index (χ4v) is 8.99. The Balaban J connectivity index is 0.000000160. The molecule has 0 atom stereocenters. The van der Waals surface area contributed by atoms with Crippen LogP contribution in [0.25, 0.3) is 0 Å². The molecule has 2 aromatic carbocycles. The average molecular weight is 853 g/mol. The number of nitrogens with zero attached hydrogens (tertiary/aromatic N) is 7. The second-order valence-corrected chi connectivity index (χ2v) is 16.9. The number of benzene rings is 2. The van der Waals surface area contributed by atoms with E-state index in [4.69, 9.17) is 23.2 Å². The van der Waals surface area contributed by atoms with E-state index in [0.29, 0.717) is 12.2 Å². The van der Waals surface area contributed by atoms with Crippen molar-refractivity contribution in [1.82, 2.24) is 45.7 Å². The Kier molecular flexibility index (Phi) is 12.7. The predicted molar refractivity (Wildman–Crippen MR) is 220 cm³/mol. The van der Waals surface area contributed by atoms with Crippen LogP contribution in [0.3, 0.4) is 0 Å². The molecule has 2 spiro atoms. The number of nitrogens with one attached hydrogen (secondary N) is 3. The summed E-state index contributed by atoms with van der Waals surface area (Å²) >= 11 is 14.3. The third-order valence-corrected chi connectivity index (χ3v) is 12.8. The van der Waals surface area contributed by atoms with E-state index in [-0.39, 0.29) is 44.8 Å². The molecular weight excluding hydrogens is 803 g/mol. The highest BCUT2D eigenvalue weighted by Gasteiger charge is 2.51. The van der Waals surface area contributed by atoms with Gasteiger partial charge >= 0.3 is 12.1 Å². The minimum absolute atomic E-state index is 0.00798. The van der Waals surface area contributed by atoms with E-state index in [1.165, 1.54) is 11.1 Å². The predicted octanol–water partition coefficient (Wildman–Crippen LogP) is 7.39. The highest BCUT2D eigenvalue weighted by Crippen LogP contribution is 2.47. The summed E-state index contributed by atoms with van der Waals surface area (Å²) in [6.07, 6.45) is 14.4. The van der Waals surface area contributed by atoms with E-state index in [1.807, 2.05) is 0 Å². The fourth-order valence-electron chi connectivity index (χ4n) is 8.59. The maximum absolute atomic E-state index is 12.6. The molecule has 55 heavy (non-hydrogen) atoms. The monoisotopic (exact) mass is 850 g/mol. The molecule has 4 aromatic rings. The van der Waals surface area contributed by atoms with E-state index in [1.54, 1.807) is 29.7 Å². The Morgan fingerprint density at radius 3 is 1.47 bits per heavy atom. The first kappa shape index (κ1) is 40.8. The van der Waals surface area contributed by atoms with Crippen LogP contribution in [0.5, 0.6) is 0 Å². The lowest BCUT2D eigenvalue weighted by Crippen LogP contribution is -2.54. The molecule has 4 heterocycles. The van der Waals surface area contributed by atoms with Gasteiger partial charge in [-0.2, -0.15) is 0 Å². The van der Waals surface area contributed by atoms with Crippen molar-refractivity contribution in [3.8, 4) is 0 Å². The molecule has 2 saturated carbocycles. The fraction of sp³-hybridized carbons (Fsp3) is 0.450. The number of hydrogen-bond acceptors (Lipinski definition) is 8. The van der Waals surface area contributed by atoms with Crippen molar-refractivity contribution in [2.45, 2.75) is 73.5 Å². The number of halogens is 3. The lowest BCUT2D eigenvalue weighted by Gasteiger charge is -2.48. The smallest absolute Gasteiger partial charge is 0.322 e. The quantitative estimate of drug-likeness (QED) is 0.177. The first-order valence-electron chi connectivity index (χ1n) is 18.5. The Morgan fingerprint density at radius 2 is 1.07 bits per heavy atom. The number of aromatic nitrogens is 4. The van der Waals surface area contributed by atoms with Crippen molar-refractivity contribution in [2.75, 3.05) is 46.2 Å². The molecule has 0 unspecified atom stereocenters. The first-order chi connectivity index (χ1) is 26.3. The lowest BCUT2D eigenvalue weighted by atomic mass is 9.69. The van der Waals surface area contributed by atoms with Crippen LogP contribution in [0.4, 0.5) is 15.3 Å². The third kappa shape index (κ3) is 9.07. The second kappa shape index (κ2) is 17.1. The SMILES string of the molecule is CN(C)C1(c2ccccc2)CCC2(CC1)CN(c1cnc(Cl)nc1)C(=O)N2.CN(C)C1(c2ccccc2)CCC2(CC1)CNC(=O)N2.Clc1ncc(Br)cn1. The molecule has 15 heteroatoms. The largest absolute Gasteiger partial charge is 0.336 e. The van der Waals surface area contributed by atoms with Gasteiger partial charge in [-0.3, -0.25) is 14.7 Å². The van der Waals surface area contributed by atoms with Crippen LogP contribution in [-0.2, 0) is 11.1 Å². The Bertz CT molecular complexity index is 1870. The summed E-state index contributed by atoms with van der Waals surface area (Å²) in [7, 11) is 8.62. The molecule has 2 aliphatic carbocycles. The molecule has 2 aromatic heterocycles. The molecule has 2 aliphatic heterocycles. The van der Waals surface area contributed by atoms with Crippen LogP contribution in [-0.4, -0.2) is 94.2 Å². The molecule has 0 bridgehead atoms. The molecule has 3 N–H and O–H groups in total. The summed E-state index contributed by atoms with van der Waals surface area (Å²) in [6, 6.07) is 21.3. The highest BCUT2D eigenvalue weighted by molar-refractivity contribution is 9.10. The van der Waals surface area contributed by atoms with Crippen LogP contribution in [0.2, 0.25) is 10.6 Å². The van der Waals surface area contributed by atoms with Gasteiger partial charge in [0, 0.05) is 30.0 Å². The number of anilines is 1. The molecule has 2 saturated heterocycles. The number of hydrogen-bond donors (Lipinski definition) is 3. The number of rotatable bonds is 5. The van der Waals surface area contributed by atoms with E-state index >= 15 is 0 Å². The standard InChI is InChI=1S/C20H24ClN5O.C16H23N3O.C4H2BrClN2/c1-25(2)20(15-6-4-3-5-7-15)10-8-19(9-11-20)14-26(18(27)24-19)16-12-22-17(21)23-13-16;1-19(2)16(13-6-4-3-5-7-13)10-8-15(9-11-16)12-17-14(20)18-15;5-3-1-7-4(6)8-2-3/h3-7,12-13H,8-11,14H2,1-2H3,(H,24,27);3-7H,8-12H2,1-2H3,(H2,17,18,20);1-2H. The van der Waals surface area contributed by atoms with Crippen LogP contribution in [0, 0.1) is 0 Å². The number of carbonyl (C=O) groups is 2. The summed E-state index contributed by atoms with van der Waals surface area (Å²) < 4.78 is 0.835. The molecular formula is C40H49BrCl2N10O2. The van der Waals surface area contributed by atoms with Crippen molar-refractivity contribution in [1.29, 1.82) is 0 Å². The van der Waals surface area contributed by atoms with Gasteiger partial charge in [-0.1, -0.05) is 60.7 Å². The van der Waals surface area contributed by atoms with Crippen LogP contribution in [0.1, 0.15) is 62.5 Å². The average Bonchev–Trinajstić information content (AvgIpc) is 3.72. The van der Waals surface area contributed by atoms with Gasteiger partial charge in [0.1, 0.15) is 0 Å². The second-order valence-electron chi connectivity index (χ2n) is 15.3. The van der Waals surface area contributed by atoms with E-state index < -0.39 is 0 Å². The first-order valence-corrected chi connectivity index (χ1v) is 20.1. The van der Waals surface area contributed by atoms with Gasteiger partial charge in [0.25, 0.3) is 0 Å². The molecule has 8 rings (SSSR count). The van der Waals surface area contributed by atoms with Crippen molar-refractivity contribution < 1.29 is 9.59 Å². The van der Waals surface area contributed by atoms with E-state index in [2.05, 4.69) is 150 Å². The Hall–Kier alpha value is -3.88. The van der Waals surface area contributed by atoms with E-state index in [0.717, 1.165) is 62.4 Å². The minimum atomic E-state index is -0.203. The summed E-state index contributed by atoms with van der Waals surface area (Å²) in [5.41, 5.74) is 3.29. The van der Waals surface area contributed by atoms with Crippen molar-refractivity contribution in [3.05, 3.63) is 112 Å². The van der Waals surface area contributed by atoms with Gasteiger partial charge in [0.15, 0.2) is 0 Å². The molecule has 12 nitrogen and oxygen atoms in total. The van der Waals surface area contributed by atoms with E-state index in [9.17, 15) is 9.59 Å². The van der Waals surface area contributed by atoms with Gasteiger partial charge in [-0.15, -0.1) is 0 Å². The number of urea groups is 2. The van der Waals surface area contributed by atoms with Gasteiger partial charge in [-0.05, 0) is 130 Å².